The fourth-order valence-electron chi connectivity index (χ4n) is 1.71. The number of nitro benzene ring substituents is 1. The van der Waals surface area contributed by atoms with Crippen LogP contribution in [0, 0.1) is 15.9 Å². The van der Waals surface area contributed by atoms with Crippen molar-refractivity contribution < 1.29 is 19.2 Å². The normalized spacial score (nSPS) is 10.4. The molecule has 21 heavy (non-hydrogen) atoms. The van der Waals surface area contributed by atoms with Crippen LogP contribution in [0.25, 0.3) is 0 Å². The molecule has 0 unspecified atom stereocenters. The van der Waals surface area contributed by atoms with Gasteiger partial charge in [0.2, 0.25) is 5.82 Å². The largest absolute Gasteiger partial charge is 0.487 e. The van der Waals surface area contributed by atoms with E-state index in [1.807, 2.05) is 0 Å². The highest BCUT2D eigenvalue weighted by Gasteiger charge is 2.14. The van der Waals surface area contributed by atoms with Crippen LogP contribution in [-0.4, -0.2) is 10.0 Å². The van der Waals surface area contributed by atoms with Gasteiger partial charge in [-0.15, -0.1) is 0 Å². The summed E-state index contributed by atoms with van der Waals surface area (Å²) >= 11 is 5.97. The average Bonchev–Trinajstić information content (AvgIpc) is 2.45. The van der Waals surface area contributed by atoms with Gasteiger partial charge < -0.3 is 9.84 Å². The Balaban J connectivity index is 2.10. The van der Waals surface area contributed by atoms with Crippen molar-refractivity contribution >= 4 is 17.3 Å². The standard InChI is InChI=1S/C14H11ClFNO4/c15-11-5-9(7-18)2-4-14(11)21-8-10-1-3-13(17(19)20)12(16)6-10/h1-6,18H,7-8H2. The van der Waals surface area contributed by atoms with Crippen molar-refractivity contribution in [1.82, 2.24) is 0 Å². The number of rotatable bonds is 5. The Morgan fingerprint density at radius 1 is 1.24 bits per heavy atom. The third kappa shape index (κ3) is 3.68. The van der Waals surface area contributed by atoms with Crippen LogP contribution in [0.15, 0.2) is 36.4 Å². The third-order valence-electron chi connectivity index (χ3n) is 2.78. The molecular weight excluding hydrogens is 301 g/mol. The van der Waals surface area contributed by atoms with Crippen LogP contribution in [0.3, 0.4) is 0 Å². The van der Waals surface area contributed by atoms with Gasteiger partial charge in [0.25, 0.3) is 0 Å². The molecule has 2 rings (SSSR count). The Morgan fingerprint density at radius 3 is 2.52 bits per heavy atom. The molecule has 0 amide bonds. The van der Waals surface area contributed by atoms with E-state index in [0.717, 1.165) is 12.1 Å². The number of benzene rings is 2. The molecule has 0 bridgehead atoms. The van der Waals surface area contributed by atoms with Crippen molar-refractivity contribution in [1.29, 1.82) is 0 Å². The lowest BCUT2D eigenvalue weighted by Gasteiger charge is -2.09. The molecule has 5 nitrogen and oxygen atoms in total. The molecule has 0 aliphatic rings. The maximum Gasteiger partial charge on any atom is 0.304 e. The van der Waals surface area contributed by atoms with Gasteiger partial charge in [-0.05, 0) is 35.4 Å². The van der Waals surface area contributed by atoms with E-state index >= 15 is 0 Å². The van der Waals surface area contributed by atoms with E-state index in [4.69, 9.17) is 21.4 Å². The fraction of sp³-hybridized carbons (Fsp3) is 0.143. The molecule has 0 heterocycles. The van der Waals surface area contributed by atoms with Gasteiger partial charge in [0, 0.05) is 6.07 Å². The quantitative estimate of drug-likeness (QED) is 0.678. The predicted octanol–water partition coefficient (Wildman–Crippen LogP) is 3.46. The summed E-state index contributed by atoms with van der Waals surface area (Å²) < 4.78 is 18.9. The Kier molecular flexibility index (Phi) is 4.72. The van der Waals surface area contributed by atoms with Gasteiger partial charge in [0.15, 0.2) is 0 Å². The number of nitrogens with zero attached hydrogens (tertiary/aromatic N) is 1. The van der Waals surface area contributed by atoms with Gasteiger partial charge in [-0.3, -0.25) is 10.1 Å². The molecule has 0 atom stereocenters. The lowest BCUT2D eigenvalue weighted by Crippen LogP contribution is -1.99. The minimum absolute atomic E-state index is 0.0209. The number of nitro groups is 1. The second-order valence-electron chi connectivity index (χ2n) is 4.25. The van der Waals surface area contributed by atoms with Crippen molar-refractivity contribution in [2.45, 2.75) is 13.2 Å². The zero-order valence-corrected chi connectivity index (χ0v) is 11.5. The van der Waals surface area contributed by atoms with E-state index in [1.165, 1.54) is 6.07 Å². The summed E-state index contributed by atoms with van der Waals surface area (Å²) in [7, 11) is 0. The van der Waals surface area contributed by atoms with Gasteiger partial charge in [0.05, 0.1) is 16.6 Å². The van der Waals surface area contributed by atoms with Crippen LogP contribution in [0.2, 0.25) is 5.02 Å². The van der Waals surface area contributed by atoms with Crippen molar-refractivity contribution in [3.05, 3.63) is 68.5 Å². The fourth-order valence-corrected chi connectivity index (χ4v) is 1.97. The van der Waals surface area contributed by atoms with Crippen LogP contribution in [-0.2, 0) is 13.2 Å². The Bertz CT molecular complexity index is 678. The van der Waals surface area contributed by atoms with Crippen LogP contribution in [0.5, 0.6) is 5.75 Å². The smallest absolute Gasteiger partial charge is 0.304 e. The average molecular weight is 312 g/mol. The maximum atomic E-state index is 13.5. The molecule has 0 saturated heterocycles. The summed E-state index contributed by atoms with van der Waals surface area (Å²) in [6.07, 6.45) is 0. The van der Waals surface area contributed by atoms with E-state index in [-0.39, 0.29) is 13.2 Å². The highest BCUT2D eigenvalue weighted by molar-refractivity contribution is 6.32. The van der Waals surface area contributed by atoms with E-state index in [9.17, 15) is 14.5 Å². The molecule has 2 aromatic rings. The minimum atomic E-state index is -0.914. The number of aliphatic hydroxyl groups is 1. The number of hydrogen-bond acceptors (Lipinski definition) is 4. The van der Waals surface area contributed by atoms with E-state index < -0.39 is 16.4 Å². The molecule has 0 saturated carbocycles. The molecule has 7 heteroatoms. The third-order valence-corrected chi connectivity index (χ3v) is 3.08. The number of ether oxygens (including phenoxy) is 1. The second kappa shape index (κ2) is 6.51. The Labute approximate surface area is 124 Å². The predicted molar refractivity (Wildman–Crippen MR) is 74.8 cm³/mol. The van der Waals surface area contributed by atoms with Gasteiger partial charge in [-0.2, -0.15) is 4.39 Å². The molecule has 1 N–H and O–H groups in total. The molecule has 2 aromatic carbocycles. The monoisotopic (exact) mass is 311 g/mol. The first-order valence-electron chi connectivity index (χ1n) is 5.96. The van der Waals surface area contributed by atoms with Crippen LogP contribution >= 0.6 is 11.6 Å². The molecule has 0 fully saturated rings. The second-order valence-corrected chi connectivity index (χ2v) is 4.66. The van der Waals surface area contributed by atoms with Crippen LogP contribution in [0.4, 0.5) is 10.1 Å². The van der Waals surface area contributed by atoms with Crippen molar-refractivity contribution in [2.75, 3.05) is 0 Å². The lowest BCUT2D eigenvalue weighted by molar-refractivity contribution is -0.387. The SMILES string of the molecule is O=[N+]([O-])c1ccc(COc2ccc(CO)cc2Cl)cc1F. The molecule has 110 valence electrons. The zero-order valence-electron chi connectivity index (χ0n) is 10.8. The molecule has 0 aliphatic heterocycles. The van der Waals surface area contributed by atoms with E-state index in [1.54, 1.807) is 18.2 Å². The van der Waals surface area contributed by atoms with E-state index in [0.29, 0.717) is 21.9 Å². The zero-order chi connectivity index (χ0) is 15.4. The maximum absolute atomic E-state index is 13.5. The highest BCUT2D eigenvalue weighted by atomic mass is 35.5. The first-order chi connectivity index (χ1) is 10.0. The molecular formula is C14H11ClFNO4. The number of aliphatic hydroxyl groups excluding tert-OH is 1. The van der Waals surface area contributed by atoms with Crippen LogP contribution < -0.4 is 4.74 Å². The molecule has 0 aromatic heterocycles. The molecule has 0 radical (unpaired) electrons. The molecule has 0 spiro atoms. The summed E-state index contributed by atoms with van der Waals surface area (Å²) in [5.41, 5.74) is 0.512. The Morgan fingerprint density at radius 2 is 1.95 bits per heavy atom. The minimum Gasteiger partial charge on any atom is -0.487 e. The van der Waals surface area contributed by atoms with Crippen molar-refractivity contribution in [3.8, 4) is 5.75 Å². The van der Waals surface area contributed by atoms with E-state index in [2.05, 4.69) is 0 Å². The van der Waals surface area contributed by atoms with Gasteiger partial charge in [0.1, 0.15) is 12.4 Å². The van der Waals surface area contributed by atoms with Gasteiger partial charge in [-0.1, -0.05) is 17.7 Å². The summed E-state index contributed by atoms with van der Waals surface area (Å²) in [4.78, 5) is 9.73. The Hall–Kier alpha value is -2.18. The summed E-state index contributed by atoms with van der Waals surface area (Å²) in [6.45, 7) is -0.110. The highest BCUT2D eigenvalue weighted by Crippen LogP contribution is 2.27. The van der Waals surface area contributed by atoms with Gasteiger partial charge in [-0.25, -0.2) is 0 Å². The first kappa shape index (κ1) is 15.2. The first-order valence-corrected chi connectivity index (χ1v) is 6.34. The summed E-state index contributed by atoms with van der Waals surface area (Å²) in [5, 5.41) is 19.8. The van der Waals surface area contributed by atoms with Crippen molar-refractivity contribution in [3.63, 3.8) is 0 Å². The number of hydrogen-bond donors (Lipinski definition) is 1. The van der Waals surface area contributed by atoms with Gasteiger partial charge >= 0.3 is 5.69 Å². The van der Waals surface area contributed by atoms with Crippen molar-refractivity contribution in [2.24, 2.45) is 0 Å². The molecule has 0 aliphatic carbocycles. The summed E-state index contributed by atoms with van der Waals surface area (Å²) in [6, 6.07) is 8.36. The summed E-state index contributed by atoms with van der Waals surface area (Å²) in [5.74, 6) is -0.532. The topological polar surface area (TPSA) is 72.6 Å². The number of halogens is 2. The lowest BCUT2D eigenvalue weighted by atomic mass is 10.2. The van der Waals surface area contributed by atoms with Crippen LogP contribution in [0.1, 0.15) is 11.1 Å².